The third kappa shape index (κ3) is 4.74. The van der Waals surface area contributed by atoms with E-state index in [-0.39, 0.29) is 5.91 Å². The highest BCUT2D eigenvalue weighted by Gasteiger charge is 2.24. The van der Waals surface area contributed by atoms with Gasteiger partial charge in [-0.25, -0.2) is 8.42 Å². The summed E-state index contributed by atoms with van der Waals surface area (Å²) in [5.41, 5.74) is 1.59. The van der Waals surface area contributed by atoms with E-state index in [1.807, 2.05) is 0 Å². The fourth-order valence-electron chi connectivity index (χ4n) is 3.56. The number of fused-ring (bicyclic) bond motifs is 1. The van der Waals surface area contributed by atoms with Gasteiger partial charge < -0.3 is 19.7 Å². The molecule has 0 saturated carbocycles. The van der Waals surface area contributed by atoms with E-state index in [9.17, 15) is 18.0 Å². The molecule has 2 aliphatic rings. The van der Waals surface area contributed by atoms with Crippen LogP contribution in [0.5, 0.6) is 11.5 Å². The zero-order chi connectivity index (χ0) is 22.0. The monoisotopic (exact) mass is 445 g/mol. The number of carbonyl (C=O) groups is 2. The summed E-state index contributed by atoms with van der Waals surface area (Å²) < 4.78 is 36.7. The van der Waals surface area contributed by atoms with Crippen molar-refractivity contribution in [3.05, 3.63) is 42.5 Å². The maximum absolute atomic E-state index is 12.6. The number of nitrogens with zero attached hydrogens (tertiary/aromatic N) is 2. The Kier molecular flexibility index (Phi) is 5.73. The largest absolute Gasteiger partial charge is 0.486 e. The summed E-state index contributed by atoms with van der Waals surface area (Å²) in [6.07, 6.45) is 2.41. The molecule has 0 atom stereocenters. The fourth-order valence-corrected chi connectivity index (χ4v) is 4.41. The molecule has 2 aromatic rings. The van der Waals surface area contributed by atoms with Crippen molar-refractivity contribution in [3.8, 4) is 11.5 Å². The molecule has 0 bridgehead atoms. The van der Waals surface area contributed by atoms with E-state index in [1.54, 1.807) is 47.4 Å². The van der Waals surface area contributed by atoms with Crippen LogP contribution in [0.25, 0.3) is 0 Å². The Morgan fingerprint density at radius 2 is 1.81 bits per heavy atom. The zero-order valence-electron chi connectivity index (χ0n) is 17.0. The maximum Gasteiger partial charge on any atom is 0.245 e. The molecule has 2 heterocycles. The SMILES string of the molecule is CS(=O)(=O)N(CC(=O)Nc1ccc(N2CCCC2=O)cc1)c1ccc2c(c1)OCCO2. The van der Waals surface area contributed by atoms with E-state index in [1.165, 1.54) is 0 Å². The molecule has 0 aliphatic carbocycles. The van der Waals surface area contributed by atoms with E-state index in [2.05, 4.69) is 5.32 Å². The molecule has 0 spiro atoms. The number of benzene rings is 2. The number of carbonyl (C=O) groups excluding carboxylic acids is 2. The minimum Gasteiger partial charge on any atom is -0.486 e. The van der Waals surface area contributed by atoms with Gasteiger partial charge in [-0.1, -0.05) is 0 Å². The molecular weight excluding hydrogens is 422 g/mol. The molecule has 9 nitrogen and oxygen atoms in total. The molecular formula is C21H23N3O6S. The van der Waals surface area contributed by atoms with Crippen molar-refractivity contribution in [1.29, 1.82) is 0 Å². The first-order valence-corrected chi connectivity index (χ1v) is 11.7. The van der Waals surface area contributed by atoms with Crippen LogP contribution in [-0.4, -0.2) is 52.8 Å². The highest BCUT2D eigenvalue weighted by atomic mass is 32.2. The Labute approximate surface area is 180 Å². The van der Waals surface area contributed by atoms with Crippen molar-refractivity contribution in [1.82, 2.24) is 0 Å². The van der Waals surface area contributed by atoms with Crippen molar-refractivity contribution in [2.45, 2.75) is 12.8 Å². The van der Waals surface area contributed by atoms with Gasteiger partial charge in [0.1, 0.15) is 19.8 Å². The Bertz CT molecular complexity index is 1100. The third-order valence-corrected chi connectivity index (χ3v) is 6.18. The van der Waals surface area contributed by atoms with Crippen LogP contribution in [0, 0.1) is 0 Å². The zero-order valence-corrected chi connectivity index (χ0v) is 17.9. The van der Waals surface area contributed by atoms with E-state index in [4.69, 9.17) is 9.47 Å². The second kappa shape index (κ2) is 8.46. The molecule has 2 aromatic carbocycles. The predicted octanol–water partition coefficient (Wildman–Crippen LogP) is 1.99. The third-order valence-electron chi connectivity index (χ3n) is 5.04. The lowest BCUT2D eigenvalue weighted by molar-refractivity contribution is -0.117. The summed E-state index contributed by atoms with van der Waals surface area (Å²) >= 11 is 0. The van der Waals surface area contributed by atoms with Crippen LogP contribution in [0.1, 0.15) is 12.8 Å². The summed E-state index contributed by atoms with van der Waals surface area (Å²) in [5.74, 6) is 0.555. The van der Waals surface area contributed by atoms with Gasteiger partial charge in [-0.3, -0.25) is 13.9 Å². The van der Waals surface area contributed by atoms with Crippen LogP contribution in [0.3, 0.4) is 0 Å². The Morgan fingerprint density at radius 1 is 1.10 bits per heavy atom. The van der Waals surface area contributed by atoms with Gasteiger partial charge >= 0.3 is 0 Å². The number of sulfonamides is 1. The molecule has 1 fully saturated rings. The topological polar surface area (TPSA) is 105 Å². The minimum atomic E-state index is -3.72. The van der Waals surface area contributed by atoms with E-state index in [0.29, 0.717) is 49.1 Å². The molecule has 1 N–H and O–H groups in total. The molecule has 31 heavy (non-hydrogen) atoms. The standard InChI is InChI=1S/C21H23N3O6S/c1-31(27,28)24(17-8-9-18-19(13-17)30-12-11-29-18)14-20(25)22-15-4-6-16(7-5-15)23-10-2-3-21(23)26/h4-9,13H,2-3,10-12,14H2,1H3,(H,22,25). The number of nitrogens with one attached hydrogen (secondary N) is 1. The fraction of sp³-hybridized carbons (Fsp3) is 0.333. The van der Waals surface area contributed by atoms with Gasteiger partial charge in [0, 0.05) is 30.4 Å². The average molecular weight is 445 g/mol. The van der Waals surface area contributed by atoms with E-state index in [0.717, 1.165) is 22.7 Å². The Morgan fingerprint density at radius 3 is 2.45 bits per heavy atom. The molecule has 0 unspecified atom stereocenters. The first-order chi connectivity index (χ1) is 14.8. The minimum absolute atomic E-state index is 0.0833. The van der Waals surface area contributed by atoms with E-state index < -0.39 is 22.5 Å². The van der Waals surface area contributed by atoms with Gasteiger partial charge in [-0.15, -0.1) is 0 Å². The molecule has 10 heteroatoms. The number of amides is 2. The molecule has 0 aromatic heterocycles. The van der Waals surface area contributed by atoms with Crippen LogP contribution in [-0.2, 0) is 19.6 Å². The summed E-state index contributed by atoms with van der Waals surface area (Å²) in [6.45, 7) is 1.08. The van der Waals surface area contributed by atoms with Gasteiger partial charge in [0.05, 0.1) is 11.9 Å². The summed E-state index contributed by atoms with van der Waals surface area (Å²) in [4.78, 5) is 26.1. The van der Waals surface area contributed by atoms with Crippen molar-refractivity contribution in [3.63, 3.8) is 0 Å². The molecule has 164 valence electrons. The van der Waals surface area contributed by atoms with Crippen molar-refractivity contribution in [2.24, 2.45) is 0 Å². The van der Waals surface area contributed by atoms with Crippen molar-refractivity contribution >= 4 is 38.9 Å². The van der Waals surface area contributed by atoms with Crippen LogP contribution < -0.4 is 24.0 Å². The summed E-state index contributed by atoms with van der Waals surface area (Å²) in [7, 11) is -3.72. The summed E-state index contributed by atoms with van der Waals surface area (Å²) in [5, 5.41) is 2.70. The van der Waals surface area contributed by atoms with Gasteiger partial charge in [0.25, 0.3) is 0 Å². The first-order valence-electron chi connectivity index (χ1n) is 9.89. The van der Waals surface area contributed by atoms with Crippen LogP contribution in [0.4, 0.5) is 17.1 Å². The van der Waals surface area contributed by atoms with Crippen molar-refractivity contribution < 1.29 is 27.5 Å². The highest BCUT2D eigenvalue weighted by Crippen LogP contribution is 2.34. The molecule has 0 radical (unpaired) electrons. The number of ether oxygens (including phenoxy) is 2. The normalized spacial score (nSPS) is 15.6. The average Bonchev–Trinajstić information content (AvgIpc) is 3.17. The van der Waals surface area contributed by atoms with Crippen LogP contribution in [0.2, 0.25) is 0 Å². The molecule has 2 aliphatic heterocycles. The summed E-state index contributed by atoms with van der Waals surface area (Å²) in [6, 6.07) is 11.6. The number of hydrogen-bond acceptors (Lipinski definition) is 6. The second-order valence-corrected chi connectivity index (χ2v) is 9.25. The lowest BCUT2D eigenvalue weighted by Gasteiger charge is -2.24. The van der Waals surface area contributed by atoms with Gasteiger partial charge in [-0.05, 0) is 42.8 Å². The smallest absolute Gasteiger partial charge is 0.245 e. The Hall–Kier alpha value is -3.27. The molecule has 2 amide bonds. The maximum atomic E-state index is 12.6. The van der Waals surface area contributed by atoms with Crippen LogP contribution >= 0.6 is 0 Å². The van der Waals surface area contributed by atoms with Gasteiger partial charge in [0.15, 0.2) is 11.5 Å². The number of hydrogen-bond donors (Lipinski definition) is 1. The molecule has 4 rings (SSSR count). The number of rotatable bonds is 6. The Balaban J connectivity index is 1.46. The first kappa shape index (κ1) is 21.0. The highest BCUT2D eigenvalue weighted by molar-refractivity contribution is 7.92. The lowest BCUT2D eigenvalue weighted by atomic mass is 10.2. The second-order valence-electron chi connectivity index (χ2n) is 7.34. The molecule has 1 saturated heterocycles. The lowest BCUT2D eigenvalue weighted by Crippen LogP contribution is -2.37. The quantitative estimate of drug-likeness (QED) is 0.729. The number of anilines is 3. The van der Waals surface area contributed by atoms with Gasteiger partial charge in [-0.2, -0.15) is 0 Å². The van der Waals surface area contributed by atoms with E-state index >= 15 is 0 Å². The van der Waals surface area contributed by atoms with Crippen molar-refractivity contribution in [2.75, 3.05) is 47.1 Å². The predicted molar refractivity (Wildman–Crippen MR) is 116 cm³/mol. The van der Waals surface area contributed by atoms with Gasteiger partial charge in [0.2, 0.25) is 21.8 Å². The van der Waals surface area contributed by atoms with Crippen LogP contribution in [0.15, 0.2) is 42.5 Å².